The van der Waals surface area contributed by atoms with Crippen LogP contribution in [0.15, 0.2) is 48.7 Å². The summed E-state index contributed by atoms with van der Waals surface area (Å²) in [6.07, 6.45) is 1.27. The molecule has 4 aromatic rings. The number of methoxy groups -OCH3 is 2. The second-order valence-corrected chi connectivity index (χ2v) is 14.8. The summed E-state index contributed by atoms with van der Waals surface area (Å²) in [5.74, 6) is 2.71. The molecular formula is C40H46F2N8O6. The summed E-state index contributed by atoms with van der Waals surface area (Å²) < 4.78 is 38.9. The van der Waals surface area contributed by atoms with Crippen LogP contribution in [0.4, 0.5) is 18.4 Å². The Bertz CT molecular complexity index is 2150. The lowest BCUT2D eigenvalue weighted by Gasteiger charge is -2.29. The van der Waals surface area contributed by atoms with Crippen molar-refractivity contribution >= 4 is 35.0 Å². The SMILES string of the molecule is COC(=O)N[C@H](C(=O)N1CCC[C@H]1c1nc(-c2ccc(C#Cc3ccc4[nH]c([C@@H]5CC(F)(F)CN5C(=O)[C@@H](NC(=O)OC)C(C)C)nc4c3)cc2)c[nH]1)C(C)C. The Kier molecular flexibility index (Phi) is 11.6. The molecule has 4 atom stereocenters. The van der Waals surface area contributed by atoms with Crippen molar-refractivity contribution in [1.29, 1.82) is 0 Å². The number of ether oxygens (including phenoxy) is 2. The number of alkyl halides is 2. The van der Waals surface area contributed by atoms with Crippen molar-refractivity contribution in [3.8, 4) is 23.1 Å². The molecule has 2 aliphatic heterocycles. The Hall–Kier alpha value is -5.98. The van der Waals surface area contributed by atoms with E-state index in [1.54, 1.807) is 43.1 Å². The van der Waals surface area contributed by atoms with E-state index in [1.165, 1.54) is 14.2 Å². The van der Waals surface area contributed by atoms with Crippen LogP contribution >= 0.6 is 0 Å². The largest absolute Gasteiger partial charge is 0.453 e. The highest BCUT2D eigenvalue weighted by molar-refractivity contribution is 5.87. The number of alkyl carbamates (subject to hydrolysis) is 2. The molecule has 14 nitrogen and oxygen atoms in total. The number of likely N-dealkylation sites (tertiary alicyclic amines) is 2. The summed E-state index contributed by atoms with van der Waals surface area (Å²) >= 11 is 0. The molecule has 6 rings (SSSR count). The van der Waals surface area contributed by atoms with Crippen molar-refractivity contribution in [2.45, 2.75) is 77.0 Å². The molecule has 4 amide bonds. The average molecular weight is 773 g/mol. The van der Waals surface area contributed by atoms with Crippen LogP contribution in [0.2, 0.25) is 0 Å². The van der Waals surface area contributed by atoms with Crippen LogP contribution in [0.25, 0.3) is 22.3 Å². The first-order valence-corrected chi connectivity index (χ1v) is 18.5. The predicted molar refractivity (Wildman–Crippen MR) is 202 cm³/mol. The van der Waals surface area contributed by atoms with E-state index in [2.05, 4.69) is 42.2 Å². The maximum atomic E-state index is 14.8. The van der Waals surface area contributed by atoms with E-state index in [0.717, 1.165) is 28.9 Å². The third-order valence-electron chi connectivity index (χ3n) is 10.1. The number of carbonyl (C=O) groups is 4. The average Bonchev–Trinajstić information content (AvgIpc) is 3.99. The number of benzene rings is 2. The van der Waals surface area contributed by atoms with Gasteiger partial charge in [0, 0.05) is 35.9 Å². The van der Waals surface area contributed by atoms with E-state index in [9.17, 15) is 28.0 Å². The van der Waals surface area contributed by atoms with E-state index in [-0.39, 0.29) is 29.6 Å². The number of fused-ring (bicyclic) bond motifs is 1. The van der Waals surface area contributed by atoms with Crippen molar-refractivity contribution in [2.75, 3.05) is 27.3 Å². The number of carbonyl (C=O) groups excluding carboxylic acids is 4. The minimum absolute atomic E-state index is 0.134. The summed E-state index contributed by atoms with van der Waals surface area (Å²) in [4.78, 5) is 69.4. The summed E-state index contributed by atoms with van der Waals surface area (Å²) in [7, 11) is 2.43. The predicted octanol–water partition coefficient (Wildman–Crippen LogP) is 5.69. The summed E-state index contributed by atoms with van der Waals surface area (Å²) in [5.41, 5.74) is 4.09. The summed E-state index contributed by atoms with van der Waals surface area (Å²) in [5, 5.41) is 5.13. The number of H-pyrrole nitrogens is 2. The second kappa shape index (κ2) is 16.4. The molecule has 2 saturated heterocycles. The van der Waals surface area contributed by atoms with E-state index < -0.39 is 55.1 Å². The number of imidazole rings is 2. The third-order valence-corrected chi connectivity index (χ3v) is 10.1. The van der Waals surface area contributed by atoms with Crippen molar-refractivity contribution in [1.82, 2.24) is 40.4 Å². The second-order valence-electron chi connectivity index (χ2n) is 14.8. The molecule has 16 heteroatoms. The fourth-order valence-corrected chi connectivity index (χ4v) is 7.15. The van der Waals surface area contributed by atoms with Crippen LogP contribution < -0.4 is 10.6 Å². The lowest BCUT2D eigenvalue weighted by Crippen LogP contribution is -2.51. The Morgan fingerprint density at radius 1 is 0.839 bits per heavy atom. The molecule has 4 heterocycles. The van der Waals surface area contributed by atoms with E-state index >= 15 is 0 Å². The van der Waals surface area contributed by atoms with Gasteiger partial charge in [0.05, 0.1) is 49.6 Å². The first kappa shape index (κ1) is 39.7. The van der Waals surface area contributed by atoms with Gasteiger partial charge in [-0.2, -0.15) is 0 Å². The van der Waals surface area contributed by atoms with Gasteiger partial charge in [-0.3, -0.25) is 9.59 Å². The van der Waals surface area contributed by atoms with Gasteiger partial charge in [0.15, 0.2) is 0 Å². The van der Waals surface area contributed by atoms with Crippen LogP contribution in [0.5, 0.6) is 0 Å². The minimum atomic E-state index is -3.14. The molecule has 0 aliphatic carbocycles. The van der Waals surface area contributed by atoms with Gasteiger partial charge in [-0.1, -0.05) is 51.7 Å². The number of aromatic amines is 2. The van der Waals surface area contributed by atoms with Crippen molar-refractivity contribution < 1.29 is 37.4 Å². The number of aromatic nitrogens is 4. The molecule has 2 aromatic heterocycles. The number of rotatable bonds is 9. The third kappa shape index (κ3) is 8.61. The van der Waals surface area contributed by atoms with Crippen molar-refractivity contribution in [2.24, 2.45) is 11.8 Å². The maximum Gasteiger partial charge on any atom is 0.407 e. The topological polar surface area (TPSA) is 175 Å². The monoisotopic (exact) mass is 772 g/mol. The molecule has 0 bridgehead atoms. The van der Waals surface area contributed by atoms with E-state index in [1.807, 2.05) is 38.1 Å². The standard InChI is InChI=1S/C40H46F2N8O6/c1-22(2)32(47-38(53)55-5)36(51)49-17-7-8-30(49)34-43-20-29(46-34)26-14-11-24(12-15-26)9-10-25-13-16-27-28(18-25)45-35(44-27)31-19-40(41,42)21-50(31)37(52)33(23(3)4)48-39(54)56-6/h11-16,18,20,22-23,30-33H,7-8,17,19,21H2,1-6H3,(H,43,46)(H,44,45)(H,47,53)(H,48,54)/t30-,31-,32-,33-/m0/s1. The summed E-state index contributed by atoms with van der Waals surface area (Å²) in [6.45, 7) is 6.93. The molecule has 0 radical (unpaired) electrons. The minimum Gasteiger partial charge on any atom is -0.453 e. The van der Waals surface area contributed by atoms with Gasteiger partial charge >= 0.3 is 12.2 Å². The van der Waals surface area contributed by atoms with Gasteiger partial charge < -0.3 is 39.9 Å². The Morgan fingerprint density at radius 2 is 1.45 bits per heavy atom. The van der Waals surface area contributed by atoms with E-state index in [4.69, 9.17) is 9.72 Å². The highest BCUT2D eigenvalue weighted by Gasteiger charge is 2.50. The Labute approximate surface area is 323 Å². The molecule has 56 heavy (non-hydrogen) atoms. The van der Waals surface area contributed by atoms with Crippen molar-refractivity contribution in [3.05, 3.63) is 71.4 Å². The van der Waals surface area contributed by atoms with Gasteiger partial charge in [-0.15, -0.1) is 0 Å². The number of hydrogen-bond donors (Lipinski definition) is 4. The van der Waals surface area contributed by atoms with Crippen LogP contribution in [-0.4, -0.2) is 99.1 Å². The van der Waals surface area contributed by atoms with Gasteiger partial charge in [0.1, 0.15) is 23.7 Å². The lowest BCUT2D eigenvalue weighted by molar-refractivity contribution is -0.137. The molecule has 0 spiro atoms. The van der Waals surface area contributed by atoms with Gasteiger partial charge in [0.25, 0.3) is 5.92 Å². The highest BCUT2D eigenvalue weighted by Crippen LogP contribution is 2.41. The quantitative estimate of drug-likeness (QED) is 0.157. The smallest absolute Gasteiger partial charge is 0.407 e. The molecule has 2 aliphatic rings. The van der Waals surface area contributed by atoms with E-state index in [0.29, 0.717) is 34.7 Å². The molecule has 2 fully saturated rings. The zero-order valence-corrected chi connectivity index (χ0v) is 32.1. The lowest BCUT2D eigenvalue weighted by atomic mass is 10.0. The number of halogens is 2. The molecule has 0 saturated carbocycles. The Morgan fingerprint density at radius 3 is 2.07 bits per heavy atom. The number of amides is 4. The van der Waals surface area contributed by atoms with Crippen LogP contribution in [0.1, 0.15) is 81.8 Å². The molecular weight excluding hydrogens is 726 g/mol. The normalized spacial score (nSPS) is 18.8. The molecule has 2 aromatic carbocycles. The van der Waals surface area contributed by atoms with Crippen LogP contribution in [0, 0.1) is 23.7 Å². The van der Waals surface area contributed by atoms with Crippen LogP contribution in [-0.2, 0) is 19.1 Å². The summed E-state index contributed by atoms with van der Waals surface area (Å²) in [6, 6.07) is 9.83. The maximum absolute atomic E-state index is 14.8. The first-order chi connectivity index (χ1) is 26.7. The van der Waals surface area contributed by atoms with Gasteiger partial charge in [0.2, 0.25) is 11.8 Å². The Balaban J connectivity index is 1.14. The zero-order valence-electron chi connectivity index (χ0n) is 32.1. The fraction of sp³-hybridized carbons (Fsp3) is 0.450. The molecule has 296 valence electrons. The molecule has 0 unspecified atom stereocenters. The number of nitrogens with one attached hydrogen (secondary N) is 4. The van der Waals surface area contributed by atoms with Gasteiger partial charge in [-0.05, 0) is 55.0 Å². The van der Waals surface area contributed by atoms with Gasteiger partial charge in [-0.25, -0.2) is 28.3 Å². The number of nitrogens with zero attached hydrogens (tertiary/aromatic N) is 4. The van der Waals surface area contributed by atoms with Crippen LogP contribution in [0.3, 0.4) is 0 Å². The highest BCUT2D eigenvalue weighted by atomic mass is 19.3. The molecule has 4 N–H and O–H groups in total. The van der Waals surface area contributed by atoms with Crippen molar-refractivity contribution in [3.63, 3.8) is 0 Å². The zero-order chi connectivity index (χ0) is 40.3. The fourth-order valence-electron chi connectivity index (χ4n) is 7.15. The first-order valence-electron chi connectivity index (χ1n) is 18.5. The number of hydrogen-bond acceptors (Lipinski definition) is 8.